The molecule has 0 radical (unpaired) electrons. The second-order valence-electron chi connectivity index (χ2n) is 2.81. The van der Waals surface area contributed by atoms with Crippen LogP contribution in [0.25, 0.3) is 0 Å². The zero-order valence-corrected chi connectivity index (χ0v) is 8.56. The number of ether oxygens (including phenoxy) is 2. The van der Waals surface area contributed by atoms with Crippen LogP contribution in [-0.4, -0.2) is 38.0 Å². The van der Waals surface area contributed by atoms with E-state index in [1.54, 1.807) is 13.2 Å². The quantitative estimate of drug-likeness (QED) is 0.644. The van der Waals surface area contributed by atoms with Crippen molar-refractivity contribution in [1.29, 1.82) is 0 Å². The molecule has 0 bridgehead atoms. The average molecular weight is 214 g/mol. The highest BCUT2D eigenvalue weighted by Gasteiger charge is 2.02. The Balaban J connectivity index is 2.04. The molecule has 0 aliphatic heterocycles. The summed E-state index contributed by atoms with van der Waals surface area (Å²) in [6.07, 6.45) is 1.45. The first-order chi connectivity index (χ1) is 7.33. The molecule has 1 rings (SSSR count). The molecule has 0 aliphatic rings. The summed E-state index contributed by atoms with van der Waals surface area (Å²) in [4.78, 5) is 11.2. The average Bonchev–Trinajstić information content (AvgIpc) is 2.74. The number of carbonyl (C=O) groups excluding carboxylic acids is 1. The van der Waals surface area contributed by atoms with Crippen molar-refractivity contribution in [3.63, 3.8) is 0 Å². The highest BCUT2D eigenvalue weighted by Crippen LogP contribution is 1.92. The highest BCUT2D eigenvalue weighted by molar-refractivity contribution is 5.77. The minimum atomic E-state index is -0.186. The maximum absolute atomic E-state index is 11.2. The molecule has 0 saturated carbocycles. The number of rotatable bonds is 7. The molecular weight excluding hydrogens is 200 g/mol. The molecule has 0 spiro atoms. The fourth-order valence-electron chi connectivity index (χ4n) is 0.876. The minimum absolute atomic E-state index is 0.0290. The monoisotopic (exact) mass is 214 g/mol. The maximum Gasteiger partial charge on any atom is 0.246 e. The lowest BCUT2D eigenvalue weighted by Gasteiger charge is -2.03. The Labute approximate surface area is 87.5 Å². The van der Waals surface area contributed by atoms with Gasteiger partial charge in [0.05, 0.1) is 19.8 Å². The maximum atomic E-state index is 11.2. The molecule has 0 aliphatic carbocycles. The molecule has 0 saturated heterocycles. The summed E-state index contributed by atoms with van der Waals surface area (Å²) >= 11 is 0. The highest BCUT2D eigenvalue weighted by atomic mass is 16.5. The van der Waals surface area contributed by atoms with Crippen LogP contribution >= 0.6 is 0 Å². The van der Waals surface area contributed by atoms with E-state index in [2.05, 4.69) is 15.0 Å². The van der Waals surface area contributed by atoms with Crippen LogP contribution < -0.4 is 5.32 Å². The van der Waals surface area contributed by atoms with E-state index in [0.29, 0.717) is 25.5 Å². The predicted molar refractivity (Wildman–Crippen MR) is 51.0 cm³/mol. The summed E-state index contributed by atoms with van der Waals surface area (Å²) in [7, 11) is 1.58. The van der Waals surface area contributed by atoms with Crippen LogP contribution in [0.3, 0.4) is 0 Å². The van der Waals surface area contributed by atoms with Gasteiger partial charge in [0.2, 0.25) is 5.91 Å². The van der Waals surface area contributed by atoms with Gasteiger partial charge in [0.25, 0.3) is 0 Å². The van der Waals surface area contributed by atoms with Gasteiger partial charge >= 0.3 is 0 Å². The van der Waals surface area contributed by atoms with Gasteiger partial charge in [-0.15, -0.1) is 0 Å². The summed E-state index contributed by atoms with van der Waals surface area (Å²) < 4.78 is 14.4. The van der Waals surface area contributed by atoms with Gasteiger partial charge in [-0.2, -0.15) is 0 Å². The summed E-state index contributed by atoms with van der Waals surface area (Å²) in [5.74, 6) is -0.186. The van der Waals surface area contributed by atoms with E-state index in [1.807, 2.05) is 0 Å². The van der Waals surface area contributed by atoms with Gasteiger partial charge in [-0.05, 0) is 0 Å². The van der Waals surface area contributed by atoms with E-state index in [1.165, 1.54) is 6.26 Å². The third-order valence-corrected chi connectivity index (χ3v) is 1.62. The van der Waals surface area contributed by atoms with Crippen molar-refractivity contribution in [3.05, 3.63) is 18.0 Å². The fourth-order valence-corrected chi connectivity index (χ4v) is 0.876. The Hall–Kier alpha value is -1.40. The van der Waals surface area contributed by atoms with Crippen molar-refractivity contribution >= 4 is 5.91 Å². The smallest absolute Gasteiger partial charge is 0.246 e. The summed E-state index contributed by atoms with van der Waals surface area (Å²) in [5, 5.41) is 6.28. The van der Waals surface area contributed by atoms with Gasteiger partial charge in [0, 0.05) is 13.2 Å². The zero-order valence-electron chi connectivity index (χ0n) is 8.56. The van der Waals surface area contributed by atoms with Crippen molar-refractivity contribution < 1.29 is 18.8 Å². The standard InChI is InChI=1S/C9H14N2O4/c1-13-4-5-14-7-9(12)10-6-8-2-3-15-11-8/h2-3H,4-7H2,1H3,(H,10,12). The Kier molecular flexibility index (Phi) is 5.42. The van der Waals surface area contributed by atoms with Crippen molar-refractivity contribution in [2.24, 2.45) is 0 Å². The summed E-state index contributed by atoms with van der Waals surface area (Å²) in [6, 6.07) is 1.69. The van der Waals surface area contributed by atoms with Crippen LogP contribution in [0.1, 0.15) is 5.69 Å². The first-order valence-electron chi connectivity index (χ1n) is 4.55. The SMILES string of the molecule is COCCOCC(=O)NCc1ccon1. The molecule has 0 fully saturated rings. The lowest BCUT2D eigenvalue weighted by Crippen LogP contribution is -2.27. The fraction of sp³-hybridized carbons (Fsp3) is 0.556. The van der Waals surface area contributed by atoms with E-state index in [-0.39, 0.29) is 12.5 Å². The Morgan fingerprint density at radius 3 is 3.13 bits per heavy atom. The van der Waals surface area contributed by atoms with Crippen molar-refractivity contribution in [1.82, 2.24) is 10.5 Å². The molecule has 15 heavy (non-hydrogen) atoms. The van der Waals surface area contributed by atoms with Crippen LogP contribution in [0.2, 0.25) is 0 Å². The predicted octanol–water partition coefficient (Wildman–Crippen LogP) is -0.0462. The number of aromatic nitrogens is 1. The lowest BCUT2D eigenvalue weighted by atomic mass is 10.4. The molecule has 1 heterocycles. The van der Waals surface area contributed by atoms with Crippen molar-refractivity contribution in [2.75, 3.05) is 26.9 Å². The second-order valence-corrected chi connectivity index (χ2v) is 2.81. The number of hydrogen-bond donors (Lipinski definition) is 1. The third kappa shape index (κ3) is 5.14. The number of hydrogen-bond acceptors (Lipinski definition) is 5. The first kappa shape index (κ1) is 11.7. The normalized spacial score (nSPS) is 10.2. The topological polar surface area (TPSA) is 73.6 Å². The van der Waals surface area contributed by atoms with Gasteiger partial charge in [-0.25, -0.2) is 0 Å². The number of nitrogens with one attached hydrogen (secondary N) is 1. The molecule has 6 nitrogen and oxygen atoms in total. The van der Waals surface area contributed by atoms with E-state index in [9.17, 15) is 4.79 Å². The van der Waals surface area contributed by atoms with Gasteiger partial charge < -0.3 is 19.3 Å². The first-order valence-corrected chi connectivity index (χ1v) is 4.55. The lowest BCUT2D eigenvalue weighted by molar-refractivity contribution is -0.126. The molecule has 1 aromatic rings. The second kappa shape index (κ2) is 6.97. The summed E-state index contributed by atoms with van der Waals surface area (Å²) in [5.41, 5.74) is 0.681. The molecule has 0 atom stereocenters. The summed E-state index contributed by atoms with van der Waals surface area (Å²) in [6.45, 7) is 1.27. The molecule has 84 valence electrons. The van der Waals surface area contributed by atoms with E-state index in [0.717, 1.165) is 0 Å². The Morgan fingerprint density at radius 2 is 2.47 bits per heavy atom. The molecule has 0 unspecified atom stereocenters. The molecule has 1 aromatic heterocycles. The van der Waals surface area contributed by atoms with Crippen LogP contribution in [0.15, 0.2) is 16.9 Å². The van der Waals surface area contributed by atoms with Crippen molar-refractivity contribution in [2.45, 2.75) is 6.54 Å². The number of carbonyl (C=O) groups is 1. The van der Waals surface area contributed by atoms with Crippen LogP contribution in [0.4, 0.5) is 0 Å². The number of methoxy groups -OCH3 is 1. The van der Waals surface area contributed by atoms with Gasteiger partial charge in [0.15, 0.2) is 0 Å². The Bertz CT molecular complexity index is 274. The Morgan fingerprint density at radius 1 is 1.60 bits per heavy atom. The van der Waals surface area contributed by atoms with Crippen LogP contribution in [0, 0.1) is 0 Å². The molecule has 1 N–H and O–H groups in total. The van der Waals surface area contributed by atoms with E-state index < -0.39 is 0 Å². The number of amides is 1. The molecular formula is C9H14N2O4. The molecule has 1 amide bonds. The van der Waals surface area contributed by atoms with Crippen molar-refractivity contribution in [3.8, 4) is 0 Å². The molecule has 6 heteroatoms. The van der Waals surface area contributed by atoms with Gasteiger partial charge in [-0.3, -0.25) is 4.79 Å². The largest absolute Gasteiger partial charge is 0.382 e. The minimum Gasteiger partial charge on any atom is -0.382 e. The van der Waals surface area contributed by atoms with Gasteiger partial charge in [0.1, 0.15) is 18.6 Å². The van der Waals surface area contributed by atoms with E-state index >= 15 is 0 Å². The van der Waals surface area contributed by atoms with Crippen LogP contribution in [0.5, 0.6) is 0 Å². The van der Waals surface area contributed by atoms with Gasteiger partial charge in [-0.1, -0.05) is 5.16 Å². The number of nitrogens with zero attached hydrogens (tertiary/aromatic N) is 1. The molecule has 0 aromatic carbocycles. The zero-order chi connectivity index (χ0) is 10.9. The van der Waals surface area contributed by atoms with E-state index in [4.69, 9.17) is 9.47 Å². The third-order valence-electron chi connectivity index (χ3n) is 1.62. The van der Waals surface area contributed by atoms with Crippen LogP contribution in [-0.2, 0) is 20.8 Å².